The maximum atomic E-state index is 12.3. The van der Waals surface area contributed by atoms with Gasteiger partial charge in [0.1, 0.15) is 0 Å². The molecule has 2 aromatic rings. The SMILES string of the molecule is O=C(NCc1ccccc1)c1ccc([C@@H]2C[C@H]2N2CCCCC2)cc1. The van der Waals surface area contributed by atoms with Crippen LogP contribution in [0.25, 0.3) is 0 Å². The summed E-state index contributed by atoms with van der Waals surface area (Å²) < 4.78 is 0. The van der Waals surface area contributed by atoms with E-state index in [1.54, 1.807) is 0 Å². The summed E-state index contributed by atoms with van der Waals surface area (Å²) in [5, 5.41) is 2.99. The lowest BCUT2D eigenvalue weighted by atomic mass is 10.1. The molecule has 0 radical (unpaired) electrons. The summed E-state index contributed by atoms with van der Waals surface area (Å²) in [5.74, 6) is 0.665. The molecule has 1 saturated carbocycles. The normalized spacial score (nSPS) is 23.2. The molecule has 1 amide bonds. The maximum absolute atomic E-state index is 12.3. The van der Waals surface area contributed by atoms with Gasteiger partial charge < -0.3 is 5.32 Å². The molecule has 1 aliphatic carbocycles. The number of hydrogen-bond acceptors (Lipinski definition) is 2. The number of piperidine rings is 1. The number of carbonyl (C=O) groups excluding carboxylic acids is 1. The van der Waals surface area contributed by atoms with Crippen LogP contribution < -0.4 is 5.32 Å². The van der Waals surface area contributed by atoms with Gasteiger partial charge in [-0.25, -0.2) is 0 Å². The average molecular weight is 334 g/mol. The van der Waals surface area contributed by atoms with E-state index < -0.39 is 0 Å². The summed E-state index contributed by atoms with van der Waals surface area (Å²) in [6.07, 6.45) is 5.37. The maximum Gasteiger partial charge on any atom is 0.251 e. The fraction of sp³-hybridized carbons (Fsp3) is 0.409. The minimum absolute atomic E-state index is 0.00113. The second kappa shape index (κ2) is 7.40. The highest BCUT2D eigenvalue weighted by Crippen LogP contribution is 2.45. The molecule has 4 rings (SSSR count). The number of hydrogen-bond donors (Lipinski definition) is 1. The number of nitrogens with one attached hydrogen (secondary N) is 1. The topological polar surface area (TPSA) is 32.3 Å². The van der Waals surface area contributed by atoms with Crippen molar-refractivity contribution in [1.29, 1.82) is 0 Å². The largest absolute Gasteiger partial charge is 0.348 e. The van der Waals surface area contributed by atoms with Crippen LogP contribution in [0.2, 0.25) is 0 Å². The molecule has 1 heterocycles. The highest BCUT2D eigenvalue weighted by atomic mass is 16.1. The van der Waals surface area contributed by atoms with Gasteiger partial charge in [-0.05, 0) is 55.6 Å². The number of rotatable bonds is 5. The molecule has 3 heteroatoms. The Balaban J connectivity index is 1.32. The van der Waals surface area contributed by atoms with Crippen LogP contribution in [0.4, 0.5) is 0 Å². The van der Waals surface area contributed by atoms with Crippen molar-refractivity contribution in [3.8, 4) is 0 Å². The summed E-state index contributed by atoms with van der Waals surface area (Å²) in [6, 6.07) is 19.0. The predicted molar refractivity (Wildman–Crippen MR) is 101 cm³/mol. The molecule has 1 aliphatic heterocycles. The molecule has 3 nitrogen and oxygen atoms in total. The van der Waals surface area contributed by atoms with Crippen molar-refractivity contribution in [2.24, 2.45) is 0 Å². The van der Waals surface area contributed by atoms with Gasteiger partial charge in [-0.3, -0.25) is 9.69 Å². The molecule has 0 unspecified atom stereocenters. The van der Waals surface area contributed by atoms with Crippen LogP contribution in [0.5, 0.6) is 0 Å². The van der Waals surface area contributed by atoms with Gasteiger partial charge >= 0.3 is 0 Å². The van der Waals surface area contributed by atoms with E-state index in [1.165, 1.54) is 44.3 Å². The van der Waals surface area contributed by atoms with Crippen LogP contribution in [0.15, 0.2) is 54.6 Å². The standard InChI is InChI=1S/C22H26N2O/c25-22(23-16-17-7-3-1-4-8-17)19-11-9-18(10-12-19)20-15-21(20)24-13-5-2-6-14-24/h1,3-4,7-12,20-21H,2,5-6,13-16H2,(H,23,25)/t20-,21+/m0/s1. The summed E-state index contributed by atoms with van der Waals surface area (Å²) in [7, 11) is 0. The van der Waals surface area contributed by atoms with Gasteiger partial charge in [0.25, 0.3) is 5.91 Å². The van der Waals surface area contributed by atoms with Gasteiger partial charge in [0, 0.05) is 24.1 Å². The number of nitrogens with zero attached hydrogens (tertiary/aromatic N) is 1. The Kier molecular flexibility index (Phi) is 4.84. The van der Waals surface area contributed by atoms with Crippen LogP contribution in [0.3, 0.4) is 0 Å². The van der Waals surface area contributed by atoms with Crippen LogP contribution in [-0.2, 0) is 6.54 Å². The van der Waals surface area contributed by atoms with Crippen molar-refractivity contribution in [2.45, 2.75) is 44.2 Å². The average Bonchev–Trinajstić information content (AvgIpc) is 3.49. The Morgan fingerprint density at radius 3 is 2.40 bits per heavy atom. The van der Waals surface area contributed by atoms with E-state index in [9.17, 15) is 4.79 Å². The third-order valence-electron chi connectivity index (χ3n) is 5.51. The molecule has 0 bridgehead atoms. The highest BCUT2D eigenvalue weighted by Gasteiger charge is 2.42. The van der Waals surface area contributed by atoms with Gasteiger partial charge in [-0.2, -0.15) is 0 Å². The van der Waals surface area contributed by atoms with Gasteiger partial charge in [0.05, 0.1) is 0 Å². The molecule has 2 aliphatic rings. The van der Waals surface area contributed by atoms with Crippen LogP contribution >= 0.6 is 0 Å². The van der Waals surface area contributed by atoms with E-state index in [0.717, 1.165) is 17.2 Å². The molecule has 2 fully saturated rings. The zero-order valence-electron chi connectivity index (χ0n) is 14.7. The molecule has 1 N–H and O–H groups in total. The fourth-order valence-electron chi connectivity index (χ4n) is 3.96. The van der Waals surface area contributed by atoms with E-state index in [0.29, 0.717) is 12.5 Å². The summed E-state index contributed by atoms with van der Waals surface area (Å²) in [6.45, 7) is 3.10. The van der Waals surface area contributed by atoms with Crippen molar-refractivity contribution in [1.82, 2.24) is 10.2 Å². The molecule has 25 heavy (non-hydrogen) atoms. The van der Waals surface area contributed by atoms with Gasteiger partial charge in [-0.15, -0.1) is 0 Å². The number of amides is 1. The molecule has 0 aromatic heterocycles. The zero-order chi connectivity index (χ0) is 17.1. The smallest absolute Gasteiger partial charge is 0.251 e. The monoisotopic (exact) mass is 334 g/mol. The highest BCUT2D eigenvalue weighted by molar-refractivity contribution is 5.94. The van der Waals surface area contributed by atoms with E-state index in [-0.39, 0.29) is 5.91 Å². The Labute approximate surface area is 150 Å². The molecule has 2 atom stereocenters. The van der Waals surface area contributed by atoms with Gasteiger partial charge in [-0.1, -0.05) is 48.9 Å². The third kappa shape index (κ3) is 3.93. The molecule has 0 spiro atoms. The Hall–Kier alpha value is -2.13. The summed E-state index contributed by atoms with van der Waals surface area (Å²) in [5.41, 5.74) is 3.25. The van der Waals surface area contributed by atoms with Gasteiger partial charge in [0.15, 0.2) is 0 Å². The first-order chi connectivity index (χ1) is 12.3. The second-order valence-corrected chi connectivity index (χ2v) is 7.30. The number of benzene rings is 2. The third-order valence-corrected chi connectivity index (χ3v) is 5.51. The first-order valence-corrected chi connectivity index (χ1v) is 9.47. The molecule has 130 valence electrons. The number of carbonyl (C=O) groups is 1. The van der Waals surface area contributed by atoms with Crippen LogP contribution in [0, 0.1) is 0 Å². The minimum atomic E-state index is -0.00113. The first-order valence-electron chi connectivity index (χ1n) is 9.47. The minimum Gasteiger partial charge on any atom is -0.348 e. The lowest BCUT2D eigenvalue weighted by Gasteiger charge is -2.26. The summed E-state index contributed by atoms with van der Waals surface area (Å²) in [4.78, 5) is 15.0. The second-order valence-electron chi connectivity index (χ2n) is 7.30. The summed E-state index contributed by atoms with van der Waals surface area (Å²) >= 11 is 0. The van der Waals surface area contributed by atoms with Crippen molar-refractivity contribution in [2.75, 3.05) is 13.1 Å². The Morgan fingerprint density at radius 2 is 1.68 bits per heavy atom. The lowest BCUT2D eigenvalue weighted by molar-refractivity contribution is 0.0951. The van der Waals surface area contributed by atoms with Crippen molar-refractivity contribution in [3.05, 3.63) is 71.3 Å². The van der Waals surface area contributed by atoms with E-state index in [2.05, 4.69) is 22.3 Å². The molecular weight excluding hydrogens is 308 g/mol. The van der Waals surface area contributed by atoms with E-state index in [1.807, 2.05) is 42.5 Å². The van der Waals surface area contributed by atoms with Crippen LogP contribution in [-0.4, -0.2) is 29.9 Å². The lowest BCUT2D eigenvalue weighted by Crippen LogP contribution is -2.32. The van der Waals surface area contributed by atoms with Crippen LogP contribution in [0.1, 0.15) is 53.1 Å². The fourth-order valence-corrected chi connectivity index (χ4v) is 3.96. The van der Waals surface area contributed by atoms with Gasteiger partial charge in [0.2, 0.25) is 0 Å². The zero-order valence-corrected chi connectivity index (χ0v) is 14.7. The van der Waals surface area contributed by atoms with Crippen molar-refractivity contribution < 1.29 is 4.79 Å². The predicted octanol–water partition coefficient (Wildman–Crippen LogP) is 3.96. The van der Waals surface area contributed by atoms with Crippen molar-refractivity contribution >= 4 is 5.91 Å². The molecule has 1 saturated heterocycles. The number of likely N-dealkylation sites (tertiary alicyclic amines) is 1. The Bertz CT molecular complexity index is 705. The first kappa shape index (κ1) is 16.3. The van der Waals surface area contributed by atoms with E-state index >= 15 is 0 Å². The molecular formula is C22H26N2O. The molecule has 2 aromatic carbocycles. The van der Waals surface area contributed by atoms with E-state index in [4.69, 9.17) is 0 Å². The van der Waals surface area contributed by atoms with Crippen molar-refractivity contribution in [3.63, 3.8) is 0 Å². The Morgan fingerprint density at radius 1 is 0.960 bits per heavy atom. The quantitative estimate of drug-likeness (QED) is 0.898.